The lowest BCUT2D eigenvalue weighted by Crippen LogP contribution is -2.56. The molecular formula is C20H25NO3. The third-order valence-corrected chi connectivity index (χ3v) is 5.05. The van der Waals surface area contributed by atoms with Crippen LogP contribution in [0.1, 0.15) is 23.6 Å². The third-order valence-electron chi connectivity index (χ3n) is 5.05. The highest BCUT2D eigenvalue weighted by atomic mass is 16.5. The van der Waals surface area contributed by atoms with E-state index in [1.807, 2.05) is 12.1 Å². The highest BCUT2D eigenvalue weighted by molar-refractivity contribution is 5.35. The van der Waals surface area contributed by atoms with Crippen molar-refractivity contribution in [3.8, 4) is 5.75 Å². The van der Waals surface area contributed by atoms with E-state index in [1.54, 1.807) is 26.4 Å². The van der Waals surface area contributed by atoms with Crippen molar-refractivity contribution in [2.45, 2.75) is 31.7 Å². The van der Waals surface area contributed by atoms with Gasteiger partial charge < -0.3 is 14.6 Å². The van der Waals surface area contributed by atoms with Crippen molar-refractivity contribution in [3.05, 3.63) is 65.2 Å². The monoisotopic (exact) mass is 327 g/mol. The van der Waals surface area contributed by atoms with Gasteiger partial charge in [-0.05, 0) is 36.6 Å². The van der Waals surface area contributed by atoms with E-state index in [2.05, 4.69) is 36.1 Å². The summed E-state index contributed by atoms with van der Waals surface area (Å²) >= 11 is 0. The first-order chi connectivity index (χ1) is 11.6. The SMILES string of the molecule is COC1Cc2ccccc2C(C)(OC)N1CCc1ccc(O)cc1. The first-order valence-electron chi connectivity index (χ1n) is 8.29. The minimum Gasteiger partial charge on any atom is -0.508 e. The number of phenolic OH excluding ortho intramolecular Hbond substituents is 1. The van der Waals surface area contributed by atoms with Crippen LogP contribution in [0, 0.1) is 0 Å². The number of methoxy groups -OCH3 is 2. The Kier molecular flexibility index (Phi) is 4.90. The maximum absolute atomic E-state index is 9.43. The molecule has 0 saturated heterocycles. The van der Waals surface area contributed by atoms with Gasteiger partial charge >= 0.3 is 0 Å². The van der Waals surface area contributed by atoms with Crippen LogP contribution in [0.15, 0.2) is 48.5 Å². The topological polar surface area (TPSA) is 41.9 Å². The van der Waals surface area contributed by atoms with Gasteiger partial charge in [0.1, 0.15) is 17.7 Å². The molecule has 0 fully saturated rings. The molecule has 2 atom stereocenters. The van der Waals surface area contributed by atoms with Crippen LogP contribution in [0.5, 0.6) is 5.75 Å². The second-order valence-electron chi connectivity index (χ2n) is 6.35. The zero-order chi connectivity index (χ0) is 17.2. The molecule has 0 aromatic heterocycles. The molecule has 4 nitrogen and oxygen atoms in total. The average molecular weight is 327 g/mol. The van der Waals surface area contributed by atoms with E-state index >= 15 is 0 Å². The smallest absolute Gasteiger partial charge is 0.146 e. The minimum absolute atomic E-state index is 0.0260. The fraction of sp³-hybridized carbons (Fsp3) is 0.400. The van der Waals surface area contributed by atoms with Crippen LogP contribution >= 0.6 is 0 Å². The molecule has 3 rings (SSSR count). The Labute approximate surface area is 143 Å². The molecule has 0 saturated carbocycles. The summed E-state index contributed by atoms with van der Waals surface area (Å²) in [6, 6.07) is 15.8. The van der Waals surface area contributed by atoms with Crippen LogP contribution in [0.2, 0.25) is 0 Å². The molecule has 0 amide bonds. The second kappa shape index (κ2) is 6.93. The van der Waals surface area contributed by atoms with Gasteiger partial charge in [-0.25, -0.2) is 4.90 Å². The highest BCUT2D eigenvalue weighted by Gasteiger charge is 2.43. The summed E-state index contributed by atoms with van der Waals surface area (Å²) < 4.78 is 11.7. The van der Waals surface area contributed by atoms with Crippen molar-refractivity contribution in [1.29, 1.82) is 0 Å². The number of rotatable bonds is 5. The number of benzene rings is 2. The molecule has 0 radical (unpaired) electrons. The molecule has 2 aromatic rings. The predicted octanol–water partition coefficient (Wildman–Crippen LogP) is 3.28. The fourth-order valence-corrected chi connectivity index (χ4v) is 3.59. The van der Waals surface area contributed by atoms with Crippen LogP contribution in [0.25, 0.3) is 0 Å². The number of aromatic hydroxyl groups is 1. The Balaban J connectivity index is 1.87. The molecule has 1 aliphatic rings. The zero-order valence-corrected chi connectivity index (χ0v) is 14.5. The molecule has 0 aliphatic carbocycles. The maximum Gasteiger partial charge on any atom is 0.146 e. The number of hydrogen-bond acceptors (Lipinski definition) is 4. The Morgan fingerprint density at radius 2 is 1.83 bits per heavy atom. The molecular weight excluding hydrogens is 302 g/mol. The lowest BCUT2D eigenvalue weighted by Gasteiger charge is -2.48. The van der Waals surface area contributed by atoms with Crippen LogP contribution in [-0.2, 0) is 28.0 Å². The Morgan fingerprint density at radius 1 is 1.12 bits per heavy atom. The van der Waals surface area contributed by atoms with Gasteiger partial charge in [-0.1, -0.05) is 36.4 Å². The molecule has 24 heavy (non-hydrogen) atoms. The molecule has 1 aliphatic heterocycles. The van der Waals surface area contributed by atoms with Gasteiger partial charge in [-0.2, -0.15) is 0 Å². The van der Waals surface area contributed by atoms with Crippen LogP contribution in [0.3, 0.4) is 0 Å². The minimum atomic E-state index is -0.521. The second-order valence-corrected chi connectivity index (χ2v) is 6.35. The standard InChI is InChI=1S/C20H25NO3/c1-20(24-3)18-7-5-4-6-16(18)14-19(23-2)21(20)13-12-15-8-10-17(22)11-9-15/h4-11,19,22H,12-14H2,1-3H3. The Hall–Kier alpha value is -1.88. The molecule has 1 N–H and O–H groups in total. The molecule has 0 bridgehead atoms. The molecule has 2 unspecified atom stereocenters. The molecule has 128 valence electrons. The van der Waals surface area contributed by atoms with E-state index in [-0.39, 0.29) is 6.23 Å². The van der Waals surface area contributed by atoms with Crippen molar-refractivity contribution in [1.82, 2.24) is 4.90 Å². The first-order valence-corrected chi connectivity index (χ1v) is 8.29. The first kappa shape index (κ1) is 17.0. The fourth-order valence-electron chi connectivity index (χ4n) is 3.59. The van der Waals surface area contributed by atoms with Gasteiger partial charge in [0.2, 0.25) is 0 Å². The summed E-state index contributed by atoms with van der Waals surface area (Å²) in [7, 11) is 3.50. The van der Waals surface area contributed by atoms with Crippen molar-refractivity contribution in [3.63, 3.8) is 0 Å². The molecule has 0 spiro atoms. The lowest BCUT2D eigenvalue weighted by atomic mass is 9.89. The molecule has 4 heteroatoms. The average Bonchev–Trinajstić information content (AvgIpc) is 2.62. The van der Waals surface area contributed by atoms with Crippen LogP contribution in [-0.4, -0.2) is 37.0 Å². The van der Waals surface area contributed by atoms with E-state index in [0.717, 1.165) is 19.4 Å². The number of fused-ring (bicyclic) bond motifs is 1. The van der Waals surface area contributed by atoms with Gasteiger partial charge in [0, 0.05) is 32.7 Å². The van der Waals surface area contributed by atoms with Gasteiger partial charge in [0.05, 0.1) is 0 Å². The van der Waals surface area contributed by atoms with Crippen molar-refractivity contribution in [2.24, 2.45) is 0 Å². The Bertz CT molecular complexity index is 686. The van der Waals surface area contributed by atoms with E-state index in [4.69, 9.17) is 9.47 Å². The normalized spacial score (nSPS) is 23.9. The van der Waals surface area contributed by atoms with E-state index in [0.29, 0.717) is 5.75 Å². The molecule has 1 heterocycles. The summed E-state index contributed by atoms with van der Waals surface area (Å²) in [4.78, 5) is 2.28. The highest BCUT2D eigenvalue weighted by Crippen LogP contribution is 2.39. The van der Waals surface area contributed by atoms with Crippen molar-refractivity contribution in [2.75, 3.05) is 20.8 Å². The zero-order valence-electron chi connectivity index (χ0n) is 14.5. The summed E-state index contributed by atoms with van der Waals surface area (Å²) in [5.74, 6) is 0.294. The van der Waals surface area contributed by atoms with Crippen LogP contribution < -0.4 is 0 Å². The van der Waals surface area contributed by atoms with Crippen LogP contribution in [0.4, 0.5) is 0 Å². The van der Waals surface area contributed by atoms with E-state index in [9.17, 15) is 5.11 Å². The maximum atomic E-state index is 9.43. The lowest BCUT2D eigenvalue weighted by molar-refractivity contribution is -0.207. The summed E-state index contributed by atoms with van der Waals surface area (Å²) in [5.41, 5.74) is 3.13. The van der Waals surface area contributed by atoms with E-state index < -0.39 is 5.72 Å². The third kappa shape index (κ3) is 3.05. The van der Waals surface area contributed by atoms with Gasteiger partial charge in [0.15, 0.2) is 0 Å². The van der Waals surface area contributed by atoms with Crippen molar-refractivity contribution < 1.29 is 14.6 Å². The summed E-state index contributed by atoms with van der Waals surface area (Å²) in [5, 5.41) is 9.43. The number of hydrogen-bond donors (Lipinski definition) is 1. The summed E-state index contributed by atoms with van der Waals surface area (Å²) in [6.45, 7) is 2.91. The summed E-state index contributed by atoms with van der Waals surface area (Å²) in [6.07, 6.45) is 1.68. The Morgan fingerprint density at radius 3 is 2.50 bits per heavy atom. The van der Waals surface area contributed by atoms with E-state index in [1.165, 1.54) is 16.7 Å². The number of phenols is 1. The van der Waals surface area contributed by atoms with Gasteiger partial charge in [-0.3, -0.25) is 0 Å². The number of nitrogens with zero attached hydrogens (tertiary/aromatic N) is 1. The van der Waals surface area contributed by atoms with Crippen molar-refractivity contribution >= 4 is 0 Å². The predicted molar refractivity (Wildman–Crippen MR) is 93.8 cm³/mol. The quantitative estimate of drug-likeness (QED) is 0.915. The van der Waals surface area contributed by atoms with Gasteiger partial charge in [0.25, 0.3) is 0 Å². The van der Waals surface area contributed by atoms with Gasteiger partial charge in [-0.15, -0.1) is 0 Å². The largest absolute Gasteiger partial charge is 0.508 e. The number of ether oxygens (including phenoxy) is 2. The molecule has 2 aromatic carbocycles.